The van der Waals surface area contributed by atoms with Gasteiger partial charge in [0.2, 0.25) is 5.91 Å². The number of carbonyl (C=O) groups is 2. The van der Waals surface area contributed by atoms with Gasteiger partial charge in [-0.2, -0.15) is 0 Å². The van der Waals surface area contributed by atoms with Gasteiger partial charge in [0.1, 0.15) is 5.75 Å². The van der Waals surface area contributed by atoms with E-state index in [1.807, 2.05) is 42.5 Å². The van der Waals surface area contributed by atoms with E-state index >= 15 is 0 Å². The highest BCUT2D eigenvalue weighted by Gasteiger charge is 2.10. The molecule has 6 heteroatoms. The number of hydrogen-bond acceptors (Lipinski definition) is 3. The summed E-state index contributed by atoms with van der Waals surface area (Å²) >= 11 is 6.03. The molecular weight excluding hydrogens is 376 g/mol. The summed E-state index contributed by atoms with van der Waals surface area (Å²) in [5.74, 6) is -0.148. The molecule has 0 aliphatic rings. The van der Waals surface area contributed by atoms with E-state index in [4.69, 9.17) is 16.3 Å². The zero-order valence-corrected chi connectivity index (χ0v) is 16.0. The van der Waals surface area contributed by atoms with Crippen molar-refractivity contribution in [3.05, 3.63) is 83.4 Å². The molecule has 5 nitrogen and oxygen atoms in total. The molecule has 3 rings (SSSR count). The summed E-state index contributed by atoms with van der Waals surface area (Å²) in [5.41, 5.74) is 3.11. The minimum Gasteiger partial charge on any atom is -0.495 e. The summed E-state index contributed by atoms with van der Waals surface area (Å²) < 4.78 is 5.07. The zero-order chi connectivity index (χ0) is 19.9. The van der Waals surface area contributed by atoms with E-state index in [0.717, 1.165) is 11.1 Å². The van der Waals surface area contributed by atoms with Crippen LogP contribution in [0.25, 0.3) is 11.1 Å². The highest BCUT2D eigenvalue weighted by atomic mass is 35.5. The summed E-state index contributed by atoms with van der Waals surface area (Å²) in [4.78, 5) is 24.3. The molecule has 0 atom stereocenters. The van der Waals surface area contributed by atoms with Gasteiger partial charge in [0, 0.05) is 11.3 Å². The number of hydrogen-bond donors (Lipinski definition) is 2. The predicted octanol–water partition coefficient (Wildman–Crippen LogP) is 4.38. The van der Waals surface area contributed by atoms with Gasteiger partial charge in [0.15, 0.2) is 0 Å². The summed E-state index contributed by atoms with van der Waals surface area (Å²) in [6.07, 6.45) is 0. The molecule has 0 heterocycles. The fraction of sp³-hybridized carbons (Fsp3) is 0.0909. The Hall–Kier alpha value is -3.31. The first-order valence-electron chi connectivity index (χ1n) is 8.64. The van der Waals surface area contributed by atoms with Crippen LogP contribution in [0.4, 0.5) is 5.69 Å². The van der Waals surface area contributed by atoms with Crippen LogP contribution in [0.1, 0.15) is 10.4 Å². The number of rotatable bonds is 6. The van der Waals surface area contributed by atoms with Crippen molar-refractivity contribution in [2.75, 3.05) is 19.0 Å². The summed E-state index contributed by atoms with van der Waals surface area (Å²) in [7, 11) is 1.52. The van der Waals surface area contributed by atoms with E-state index in [1.54, 1.807) is 30.3 Å². The van der Waals surface area contributed by atoms with Gasteiger partial charge in [-0.05, 0) is 41.5 Å². The quantitative estimate of drug-likeness (QED) is 0.651. The normalized spacial score (nSPS) is 10.2. The molecule has 0 unspecified atom stereocenters. The number of nitrogens with one attached hydrogen (secondary N) is 2. The van der Waals surface area contributed by atoms with Crippen LogP contribution in [0, 0.1) is 0 Å². The maximum absolute atomic E-state index is 12.3. The lowest BCUT2D eigenvalue weighted by Crippen LogP contribution is -2.32. The molecule has 3 aromatic carbocycles. The van der Waals surface area contributed by atoms with Crippen molar-refractivity contribution in [2.45, 2.75) is 0 Å². The van der Waals surface area contributed by atoms with Crippen LogP contribution >= 0.6 is 11.6 Å². The first kappa shape index (κ1) is 19.5. The Morgan fingerprint density at radius 2 is 1.61 bits per heavy atom. The van der Waals surface area contributed by atoms with Crippen LogP contribution in [0.3, 0.4) is 0 Å². The van der Waals surface area contributed by atoms with E-state index < -0.39 is 0 Å². The lowest BCUT2D eigenvalue weighted by Gasteiger charge is -2.09. The molecule has 0 bridgehead atoms. The second kappa shape index (κ2) is 9.06. The molecule has 0 radical (unpaired) electrons. The van der Waals surface area contributed by atoms with Crippen molar-refractivity contribution in [3.63, 3.8) is 0 Å². The molecule has 0 spiro atoms. The van der Waals surface area contributed by atoms with Gasteiger partial charge in [-0.1, -0.05) is 54.1 Å². The SMILES string of the molecule is COc1ccc(NC(=O)CNC(=O)c2ccc(-c3ccccc3)cc2)cc1Cl. The van der Waals surface area contributed by atoms with Crippen LogP contribution in [0.2, 0.25) is 5.02 Å². The lowest BCUT2D eigenvalue weighted by atomic mass is 10.0. The Bertz CT molecular complexity index is 973. The van der Waals surface area contributed by atoms with Crippen LogP contribution in [0.5, 0.6) is 5.75 Å². The second-order valence-electron chi connectivity index (χ2n) is 6.02. The van der Waals surface area contributed by atoms with E-state index in [1.165, 1.54) is 7.11 Å². The van der Waals surface area contributed by atoms with Gasteiger partial charge >= 0.3 is 0 Å². The minimum atomic E-state index is -0.351. The van der Waals surface area contributed by atoms with Gasteiger partial charge in [0.25, 0.3) is 5.91 Å². The molecule has 3 aromatic rings. The smallest absolute Gasteiger partial charge is 0.251 e. The standard InChI is InChI=1S/C22H19ClN2O3/c1-28-20-12-11-18(13-19(20)23)25-21(26)14-24-22(27)17-9-7-16(8-10-17)15-5-3-2-4-6-15/h2-13H,14H2,1H3,(H,24,27)(H,25,26). The van der Waals surface area contributed by atoms with E-state index in [2.05, 4.69) is 10.6 Å². The summed E-state index contributed by atoms with van der Waals surface area (Å²) in [6.45, 7) is -0.150. The number of halogens is 1. The molecule has 0 fully saturated rings. The number of ether oxygens (including phenoxy) is 1. The molecule has 0 saturated carbocycles. The van der Waals surface area contributed by atoms with Crippen LogP contribution < -0.4 is 15.4 Å². The molecule has 0 aliphatic carbocycles. The number of methoxy groups -OCH3 is 1. The number of carbonyl (C=O) groups excluding carboxylic acids is 2. The topological polar surface area (TPSA) is 67.4 Å². The minimum absolute atomic E-state index is 0.150. The summed E-state index contributed by atoms with van der Waals surface area (Å²) in [6, 6.07) is 22.0. The van der Waals surface area contributed by atoms with Gasteiger partial charge in [-0.15, -0.1) is 0 Å². The maximum Gasteiger partial charge on any atom is 0.251 e. The van der Waals surface area contributed by atoms with E-state index in [0.29, 0.717) is 22.0 Å². The number of benzene rings is 3. The third-order valence-electron chi connectivity index (χ3n) is 4.10. The Morgan fingerprint density at radius 3 is 2.25 bits per heavy atom. The first-order chi connectivity index (χ1) is 13.6. The number of amides is 2. The predicted molar refractivity (Wildman–Crippen MR) is 111 cm³/mol. The highest BCUT2D eigenvalue weighted by Crippen LogP contribution is 2.27. The van der Waals surface area contributed by atoms with Gasteiger partial charge in [-0.25, -0.2) is 0 Å². The molecule has 0 aliphatic heterocycles. The fourth-order valence-electron chi connectivity index (χ4n) is 2.66. The average molecular weight is 395 g/mol. The van der Waals surface area contributed by atoms with Crippen molar-refractivity contribution < 1.29 is 14.3 Å². The summed E-state index contributed by atoms with van der Waals surface area (Å²) in [5, 5.41) is 5.68. The largest absolute Gasteiger partial charge is 0.495 e. The van der Waals surface area contributed by atoms with Crippen LogP contribution in [0.15, 0.2) is 72.8 Å². The molecule has 142 valence electrons. The third-order valence-corrected chi connectivity index (χ3v) is 4.39. The van der Waals surface area contributed by atoms with Crippen molar-refractivity contribution in [1.82, 2.24) is 5.32 Å². The van der Waals surface area contributed by atoms with E-state index in [9.17, 15) is 9.59 Å². The second-order valence-corrected chi connectivity index (χ2v) is 6.43. The lowest BCUT2D eigenvalue weighted by molar-refractivity contribution is -0.115. The molecule has 0 aromatic heterocycles. The van der Waals surface area contributed by atoms with Gasteiger partial charge in [0.05, 0.1) is 18.7 Å². The Kier molecular flexibility index (Phi) is 6.29. The first-order valence-corrected chi connectivity index (χ1v) is 9.01. The van der Waals surface area contributed by atoms with Crippen molar-refractivity contribution >= 4 is 29.1 Å². The monoisotopic (exact) mass is 394 g/mol. The van der Waals surface area contributed by atoms with Gasteiger partial charge < -0.3 is 15.4 Å². The van der Waals surface area contributed by atoms with E-state index in [-0.39, 0.29) is 18.4 Å². The zero-order valence-electron chi connectivity index (χ0n) is 15.2. The average Bonchev–Trinajstić information content (AvgIpc) is 2.73. The molecule has 2 N–H and O–H groups in total. The molecule has 0 saturated heterocycles. The van der Waals surface area contributed by atoms with Crippen LogP contribution in [-0.4, -0.2) is 25.5 Å². The Balaban J connectivity index is 1.55. The highest BCUT2D eigenvalue weighted by molar-refractivity contribution is 6.32. The Labute approximate surface area is 168 Å². The fourth-order valence-corrected chi connectivity index (χ4v) is 2.91. The van der Waals surface area contributed by atoms with Crippen molar-refractivity contribution in [3.8, 4) is 16.9 Å². The van der Waals surface area contributed by atoms with Crippen molar-refractivity contribution in [1.29, 1.82) is 0 Å². The Morgan fingerprint density at radius 1 is 0.929 bits per heavy atom. The maximum atomic E-state index is 12.3. The molecule has 2 amide bonds. The van der Waals surface area contributed by atoms with Crippen molar-refractivity contribution in [2.24, 2.45) is 0 Å². The third kappa shape index (κ3) is 4.90. The molecule has 28 heavy (non-hydrogen) atoms. The number of anilines is 1. The van der Waals surface area contributed by atoms with Crippen LogP contribution in [-0.2, 0) is 4.79 Å². The molecular formula is C22H19ClN2O3. The van der Waals surface area contributed by atoms with Gasteiger partial charge in [-0.3, -0.25) is 9.59 Å².